The summed E-state index contributed by atoms with van der Waals surface area (Å²) in [7, 11) is -4.03. The topological polar surface area (TPSA) is 70.8 Å². The van der Waals surface area contributed by atoms with Gasteiger partial charge in [0.2, 0.25) is 15.9 Å². The van der Waals surface area contributed by atoms with Crippen LogP contribution in [0.15, 0.2) is 53.4 Å². The van der Waals surface area contributed by atoms with Crippen LogP contribution < -0.4 is 5.32 Å². The van der Waals surface area contributed by atoms with Crippen LogP contribution in [0.25, 0.3) is 4.85 Å². The number of amides is 1. The average molecular weight is 371 g/mol. The molecule has 1 spiro atoms. The zero-order valence-corrected chi connectivity index (χ0v) is 14.3. The number of halogens is 1. The molecule has 0 aromatic heterocycles. The summed E-state index contributed by atoms with van der Waals surface area (Å²) in [6.45, 7) is 7.31. The van der Waals surface area contributed by atoms with Gasteiger partial charge in [0.25, 0.3) is 6.17 Å². The second-order valence-electron chi connectivity index (χ2n) is 6.40. The Morgan fingerprint density at radius 3 is 2.58 bits per heavy atom. The summed E-state index contributed by atoms with van der Waals surface area (Å²) in [6.07, 6.45) is -0.915. The molecule has 2 aromatic carbocycles. The molecule has 8 heteroatoms. The Kier molecular flexibility index (Phi) is 3.61. The molecule has 1 N–H and O–H groups in total. The van der Waals surface area contributed by atoms with Crippen LogP contribution in [-0.2, 0) is 20.2 Å². The van der Waals surface area contributed by atoms with Crippen molar-refractivity contribution >= 4 is 21.6 Å². The normalized spacial score (nSPS) is 25.1. The second-order valence-corrected chi connectivity index (χ2v) is 8.29. The van der Waals surface area contributed by atoms with E-state index in [9.17, 15) is 17.6 Å². The lowest BCUT2D eigenvalue weighted by atomic mass is 9.80. The van der Waals surface area contributed by atoms with Gasteiger partial charge in [-0.1, -0.05) is 18.2 Å². The molecule has 0 bridgehead atoms. The molecule has 26 heavy (non-hydrogen) atoms. The fraction of sp³-hybridized carbons (Fsp3) is 0.222. The van der Waals surface area contributed by atoms with Gasteiger partial charge < -0.3 is 5.32 Å². The van der Waals surface area contributed by atoms with E-state index in [1.165, 1.54) is 12.1 Å². The highest BCUT2D eigenvalue weighted by molar-refractivity contribution is 7.89. The molecule has 1 amide bonds. The monoisotopic (exact) mass is 371 g/mol. The number of fused-ring (bicyclic) bond motifs is 2. The predicted molar refractivity (Wildman–Crippen MR) is 92.0 cm³/mol. The minimum Gasteiger partial charge on any atom is -0.325 e. The van der Waals surface area contributed by atoms with Crippen molar-refractivity contribution in [2.75, 3.05) is 11.9 Å². The predicted octanol–water partition coefficient (Wildman–Crippen LogP) is 2.36. The number of anilines is 1. The Hall–Kier alpha value is -2.76. The van der Waals surface area contributed by atoms with Gasteiger partial charge in [-0.15, -0.1) is 4.31 Å². The fourth-order valence-electron chi connectivity index (χ4n) is 3.68. The van der Waals surface area contributed by atoms with E-state index in [-0.39, 0.29) is 23.8 Å². The third kappa shape index (κ3) is 2.25. The van der Waals surface area contributed by atoms with E-state index >= 15 is 0 Å². The van der Waals surface area contributed by atoms with Crippen LogP contribution in [0.3, 0.4) is 0 Å². The van der Waals surface area contributed by atoms with Crippen molar-refractivity contribution < 1.29 is 17.6 Å². The quantitative estimate of drug-likeness (QED) is 0.824. The van der Waals surface area contributed by atoms with Crippen LogP contribution in [0.4, 0.5) is 10.1 Å². The molecule has 1 saturated heterocycles. The Morgan fingerprint density at radius 2 is 1.88 bits per heavy atom. The summed E-state index contributed by atoms with van der Waals surface area (Å²) in [6, 6.07) is 11.6. The lowest BCUT2D eigenvalue weighted by molar-refractivity contribution is -0.120. The van der Waals surface area contributed by atoms with E-state index in [1.54, 1.807) is 24.3 Å². The number of nitrogens with one attached hydrogen (secondary N) is 1. The number of carbonyl (C=O) groups is 1. The van der Waals surface area contributed by atoms with Gasteiger partial charge >= 0.3 is 0 Å². The zero-order chi connectivity index (χ0) is 18.5. The molecule has 0 saturated carbocycles. The molecular formula is C18H14FN3O3S. The Balaban J connectivity index is 1.79. The van der Waals surface area contributed by atoms with Crippen molar-refractivity contribution in [3.8, 4) is 0 Å². The molecule has 4 rings (SSSR count). The van der Waals surface area contributed by atoms with Gasteiger partial charge in [0.1, 0.15) is 5.82 Å². The molecular weight excluding hydrogens is 357 g/mol. The number of rotatable bonds is 2. The number of carbonyl (C=O) groups excluding carboxylic acids is 1. The summed E-state index contributed by atoms with van der Waals surface area (Å²) in [5, 5.41) is 2.78. The number of hydrogen-bond acceptors (Lipinski definition) is 3. The molecule has 132 valence electrons. The molecule has 6 nitrogen and oxygen atoms in total. The smallest absolute Gasteiger partial charge is 0.293 e. The number of para-hydroxylation sites is 1. The van der Waals surface area contributed by atoms with Crippen molar-refractivity contribution in [1.29, 1.82) is 0 Å². The first-order chi connectivity index (χ1) is 12.4. The van der Waals surface area contributed by atoms with Gasteiger partial charge in [-0.2, -0.15) is 0 Å². The second kappa shape index (κ2) is 5.62. The Bertz CT molecular complexity index is 1050. The maximum atomic E-state index is 13.1. The number of hydrogen-bond donors (Lipinski definition) is 1. The average Bonchev–Trinajstić information content (AvgIpc) is 3.16. The van der Waals surface area contributed by atoms with Crippen LogP contribution in [0.2, 0.25) is 0 Å². The van der Waals surface area contributed by atoms with Crippen LogP contribution in [0.1, 0.15) is 12.0 Å². The van der Waals surface area contributed by atoms with Gasteiger partial charge in [-0.3, -0.25) is 9.64 Å². The third-order valence-corrected chi connectivity index (χ3v) is 6.84. The SMILES string of the molecule is [C-]#[N+][C@@H]1C[C@@]2(CN1S(=O)(=O)c1ccc(F)cc1)C(=O)Nc1ccccc12. The van der Waals surface area contributed by atoms with Crippen LogP contribution >= 0.6 is 0 Å². The molecule has 2 aliphatic heterocycles. The van der Waals surface area contributed by atoms with Crippen LogP contribution in [0, 0.1) is 12.4 Å². The van der Waals surface area contributed by atoms with Gasteiger partial charge in [0.05, 0.1) is 16.7 Å². The summed E-state index contributed by atoms with van der Waals surface area (Å²) >= 11 is 0. The number of sulfonamides is 1. The summed E-state index contributed by atoms with van der Waals surface area (Å²) in [5.74, 6) is -0.850. The third-order valence-electron chi connectivity index (χ3n) is 4.98. The molecule has 1 fully saturated rings. The van der Waals surface area contributed by atoms with Crippen molar-refractivity contribution in [3.05, 3.63) is 71.3 Å². The zero-order valence-electron chi connectivity index (χ0n) is 13.5. The molecule has 2 atom stereocenters. The minimum absolute atomic E-state index is 0.0831. The number of nitrogens with zero attached hydrogens (tertiary/aromatic N) is 2. The highest BCUT2D eigenvalue weighted by atomic mass is 32.2. The first-order valence-electron chi connectivity index (χ1n) is 7.93. The highest BCUT2D eigenvalue weighted by Gasteiger charge is 2.60. The van der Waals surface area contributed by atoms with Crippen LogP contribution in [0.5, 0.6) is 0 Å². The molecule has 2 heterocycles. The Labute approximate surface area is 150 Å². The lowest BCUT2D eigenvalue weighted by Gasteiger charge is -2.21. The first kappa shape index (κ1) is 16.7. The van der Waals surface area contributed by atoms with Gasteiger partial charge in [-0.25, -0.2) is 19.4 Å². The molecule has 0 radical (unpaired) electrons. The fourth-order valence-corrected chi connectivity index (χ4v) is 5.26. The first-order valence-corrected chi connectivity index (χ1v) is 9.37. The maximum absolute atomic E-state index is 13.1. The Morgan fingerprint density at radius 1 is 1.19 bits per heavy atom. The van der Waals surface area contributed by atoms with Crippen LogP contribution in [-0.4, -0.2) is 31.3 Å². The molecule has 2 aromatic rings. The lowest BCUT2D eigenvalue weighted by Crippen LogP contribution is -2.39. The minimum atomic E-state index is -4.03. The van der Waals surface area contributed by atoms with E-state index in [0.29, 0.717) is 11.3 Å². The van der Waals surface area contributed by atoms with Gasteiger partial charge in [0, 0.05) is 12.2 Å². The van der Waals surface area contributed by atoms with Crippen molar-refractivity contribution in [3.63, 3.8) is 0 Å². The molecule has 2 aliphatic rings. The van der Waals surface area contributed by atoms with Crippen molar-refractivity contribution in [2.24, 2.45) is 0 Å². The molecule has 0 aliphatic carbocycles. The standard InChI is InChI=1S/C18H14FN3O3S/c1-20-16-10-18(14-4-2-3-5-15(14)21-17(18)23)11-22(16)26(24,25)13-8-6-12(19)7-9-13/h2-9,16H,10-11H2,(H,21,23)/t16-,18-/m0/s1. The van der Waals surface area contributed by atoms with E-state index in [1.807, 2.05) is 0 Å². The van der Waals surface area contributed by atoms with Crippen molar-refractivity contribution in [2.45, 2.75) is 22.9 Å². The maximum Gasteiger partial charge on any atom is 0.293 e. The van der Waals surface area contributed by atoms with Crippen molar-refractivity contribution in [1.82, 2.24) is 4.31 Å². The highest BCUT2D eigenvalue weighted by Crippen LogP contribution is 2.47. The number of benzene rings is 2. The van der Waals surface area contributed by atoms with E-state index < -0.39 is 27.4 Å². The summed E-state index contributed by atoms with van der Waals surface area (Å²) < 4.78 is 40.2. The summed E-state index contributed by atoms with van der Waals surface area (Å²) in [4.78, 5) is 16.0. The van der Waals surface area contributed by atoms with E-state index in [4.69, 9.17) is 6.57 Å². The molecule has 0 unspecified atom stereocenters. The van der Waals surface area contributed by atoms with E-state index in [0.717, 1.165) is 16.4 Å². The summed E-state index contributed by atoms with van der Waals surface area (Å²) in [5.41, 5.74) is 0.261. The van der Waals surface area contributed by atoms with Gasteiger partial charge in [-0.05, 0) is 35.9 Å². The van der Waals surface area contributed by atoms with Gasteiger partial charge in [0.15, 0.2) is 0 Å². The largest absolute Gasteiger partial charge is 0.325 e. The van der Waals surface area contributed by atoms with E-state index in [2.05, 4.69) is 10.2 Å².